The molecule has 3 aliphatic rings. The van der Waals surface area contributed by atoms with Gasteiger partial charge in [0.05, 0.1) is 44.2 Å². The first kappa shape index (κ1) is 38.1. The predicted molar refractivity (Wildman–Crippen MR) is 219 cm³/mol. The van der Waals surface area contributed by atoms with E-state index in [1.807, 2.05) is 109 Å². The molecule has 2 fully saturated rings. The van der Waals surface area contributed by atoms with Crippen molar-refractivity contribution < 1.29 is 24.5 Å². The lowest BCUT2D eigenvalue weighted by atomic mass is 9.83. The van der Waals surface area contributed by atoms with Crippen molar-refractivity contribution in [1.82, 2.24) is 20.3 Å². The second-order valence-electron chi connectivity index (χ2n) is 15.2. The molecule has 0 radical (unpaired) electrons. The molecule has 3 atom stereocenters. The number of hydrogen-bond donors (Lipinski definition) is 3. The minimum absolute atomic E-state index is 0.0776. The number of carbonyl (C=O) groups excluding carboxylic acids is 2. The predicted octanol–water partition coefficient (Wildman–Crippen LogP) is 5.36. The third kappa shape index (κ3) is 6.98. The fourth-order valence-corrected chi connectivity index (χ4v) is 8.67. The summed E-state index contributed by atoms with van der Waals surface area (Å²) < 4.78 is 7.28. The molecule has 0 bridgehead atoms. The molecule has 3 N–H and O–H groups in total. The number of allylic oxidation sites excluding steroid dienone is 1. The molecule has 8 rings (SSSR count). The minimum Gasteiger partial charge on any atom is -0.497 e. The van der Waals surface area contributed by atoms with Crippen molar-refractivity contribution in [3.63, 3.8) is 0 Å². The number of ether oxygens (including phenoxy) is 1. The van der Waals surface area contributed by atoms with E-state index in [0.717, 1.165) is 35.6 Å². The van der Waals surface area contributed by atoms with Crippen molar-refractivity contribution >= 4 is 28.9 Å². The molecular formula is C45H49N7O5. The van der Waals surface area contributed by atoms with Gasteiger partial charge >= 0.3 is 0 Å². The van der Waals surface area contributed by atoms with Gasteiger partial charge in [0.1, 0.15) is 11.3 Å². The molecule has 1 unspecified atom stereocenters. The molecule has 2 saturated heterocycles. The molecule has 1 aromatic heterocycles. The number of carbonyl (C=O) groups is 2. The summed E-state index contributed by atoms with van der Waals surface area (Å²) in [6.07, 6.45) is 7.68. The van der Waals surface area contributed by atoms with Gasteiger partial charge < -0.3 is 30.1 Å². The number of methoxy groups -OCH3 is 1. The van der Waals surface area contributed by atoms with E-state index in [1.54, 1.807) is 28.8 Å². The molecule has 0 aliphatic carbocycles. The lowest BCUT2D eigenvalue weighted by molar-refractivity contribution is -0.139. The van der Waals surface area contributed by atoms with Gasteiger partial charge in [0, 0.05) is 35.6 Å². The van der Waals surface area contributed by atoms with Gasteiger partial charge in [0.15, 0.2) is 5.60 Å². The van der Waals surface area contributed by atoms with Crippen LogP contribution < -0.4 is 24.8 Å². The van der Waals surface area contributed by atoms with Gasteiger partial charge in [-0.05, 0) is 85.9 Å². The standard InChI is InChI=1S/C45H49N7O5/c1-32(12-9-10-25-49-29-40(47-48-49)38(30-53)34-14-5-3-6-15-34)45(56)39-27-37(57-2)19-20-41(39)50(43(45)55)28-33-13-11-18-36(26-33)51-31-52(35-16-7-4-8-17-35)44(42(51)54)21-23-46-24-22-44/h3-9,11-20,26-27,29,32,38,46,53,56H,10,21-25,28,30-31H2,1-2H3/b12-9+/t32-,38?,45+/m1/s1. The van der Waals surface area contributed by atoms with Crippen molar-refractivity contribution in [1.29, 1.82) is 0 Å². The number of aliphatic hydroxyl groups is 2. The van der Waals surface area contributed by atoms with Crippen LogP contribution >= 0.6 is 0 Å². The number of nitrogens with one attached hydrogen (secondary N) is 1. The molecule has 0 saturated carbocycles. The molecule has 12 nitrogen and oxygen atoms in total. The van der Waals surface area contributed by atoms with Crippen molar-refractivity contribution in [2.45, 2.75) is 56.3 Å². The van der Waals surface area contributed by atoms with Crippen LogP contribution in [0.15, 0.2) is 121 Å². The second kappa shape index (κ2) is 16.0. The topological polar surface area (TPSA) is 136 Å². The fourth-order valence-electron chi connectivity index (χ4n) is 8.67. The van der Waals surface area contributed by atoms with Gasteiger partial charge in [-0.3, -0.25) is 19.2 Å². The molecule has 4 aromatic carbocycles. The van der Waals surface area contributed by atoms with E-state index in [4.69, 9.17) is 4.74 Å². The smallest absolute Gasteiger partial charge is 0.264 e. The number of aromatic nitrogens is 3. The first-order valence-electron chi connectivity index (χ1n) is 19.7. The number of amides is 2. The molecule has 5 aromatic rings. The number of fused-ring (bicyclic) bond motifs is 1. The van der Waals surface area contributed by atoms with Crippen molar-refractivity contribution in [3.8, 4) is 5.75 Å². The summed E-state index contributed by atoms with van der Waals surface area (Å²) in [5.74, 6) is -0.643. The Hall–Kier alpha value is -5.82. The molecular weight excluding hydrogens is 719 g/mol. The Balaban J connectivity index is 0.997. The highest BCUT2D eigenvalue weighted by Crippen LogP contribution is 2.47. The van der Waals surface area contributed by atoms with Crippen molar-refractivity contribution in [3.05, 3.63) is 144 Å². The van der Waals surface area contributed by atoms with Gasteiger partial charge in [0.25, 0.3) is 11.8 Å². The van der Waals surface area contributed by atoms with Crippen LogP contribution in [0.1, 0.15) is 54.5 Å². The van der Waals surface area contributed by atoms with Gasteiger partial charge in [0.2, 0.25) is 0 Å². The normalized spacial score (nSPS) is 20.1. The third-order valence-electron chi connectivity index (χ3n) is 11.9. The maximum Gasteiger partial charge on any atom is 0.264 e. The number of aryl methyl sites for hydroxylation is 1. The Kier molecular flexibility index (Phi) is 10.7. The summed E-state index contributed by atoms with van der Waals surface area (Å²) in [5, 5.41) is 34.5. The van der Waals surface area contributed by atoms with Crippen LogP contribution in [0.5, 0.6) is 5.75 Å². The Bertz CT molecular complexity index is 2240. The lowest BCUT2D eigenvalue weighted by Crippen LogP contribution is -2.55. The van der Waals surface area contributed by atoms with E-state index >= 15 is 0 Å². The molecule has 3 aliphatic heterocycles. The lowest BCUT2D eigenvalue weighted by Gasteiger charge is -2.39. The molecule has 12 heteroatoms. The highest BCUT2D eigenvalue weighted by atomic mass is 16.5. The van der Waals surface area contributed by atoms with Crippen LogP contribution in [0.2, 0.25) is 0 Å². The Morgan fingerprint density at radius 1 is 0.912 bits per heavy atom. The average molecular weight is 768 g/mol. The van der Waals surface area contributed by atoms with E-state index in [9.17, 15) is 19.8 Å². The number of benzene rings is 4. The SMILES string of the molecule is COc1ccc2c(c1)[C@@](O)([C@H](C)/C=C/CCn1cc(C(CO)c3ccccc3)nn1)C(=O)N2Cc1cccc(N2CN(c3ccccc3)C3(CCNCC3)C2=O)c1. The van der Waals surface area contributed by atoms with Crippen LogP contribution in [0.25, 0.3) is 0 Å². The number of piperidine rings is 1. The van der Waals surface area contributed by atoms with Crippen LogP contribution in [0.3, 0.4) is 0 Å². The van der Waals surface area contributed by atoms with E-state index in [-0.39, 0.29) is 25.0 Å². The molecule has 57 heavy (non-hydrogen) atoms. The molecule has 294 valence electrons. The number of rotatable bonds is 13. The molecule has 2 amide bonds. The quantitative estimate of drug-likeness (QED) is 0.135. The van der Waals surface area contributed by atoms with Gasteiger partial charge in [-0.15, -0.1) is 5.10 Å². The second-order valence-corrected chi connectivity index (χ2v) is 15.2. The monoisotopic (exact) mass is 767 g/mol. The van der Waals surface area contributed by atoms with Crippen LogP contribution in [0.4, 0.5) is 17.1 Å². The van der Waals surface area contributed by atoms with Gasteiger partial charge in [-0.25, -0.2) is 0 Å². The fraction of sp³-hybridized carbons (Fsp3) is 0.333. The molecule has 4 heterocycles. The Morgan fingerprint density at radius 3 is 2.39 bits per heavy atom. The van der Waals surface area contributed by atoms with E-state index in [1.165, 1.54) is 0 Å². The number of hydrogen-bond acceptors (Lipinski definition) is 9. The van der Waals surface area contributed by atoms with E-state index in [2.05, 4.69) is 32.7 Å². The summed E-state index contributed by atoms with van der Waals surface area (Å²) in [5.41, 5.74) is 2.91. The number of para-hydroxylation sites is 1. The van der Waals surface area contributed by atoms with Gasteiger partial charge in [-0.1, -0.05) is 85.0 Å². The summed E-state index contributed by atoms with van der Waals surface area (Å²) in [7, 11) is 1.56. The van der Waals surface area contributed by atoms with Crippen molar-refractivity contribution in [2.75, 3.05) is 48.2 Å². The van der Waals surface area contributed by atoms with Crippen molar-refractivity contribution in [2.24, 2.45) is 5.92 Å². The number of nitrogens with zero attached hydrogens (tertiary/aromatic N) is 6. The maximum atomic E-state index is 14.5. The zero-order chi connectivity index (χ0) is 39.6. The van der Waals surface area contributed by atoms with Crippen LogP contribution in [-0.2, 0) is 28.3 Å². The minimum atomic E-state index is -1.84. The summed E-state index contributed by atoms with van der Waals surface area (Å²) in [6.45, 7) is 4.46. The average Bonchev–Trinajstić information content (AvgIpc) is 3.89. The highest BCUT2D eigenvalue weighted by molar-refractivity contribution is 6.08. The van der Waals surface area contributed by atoms with Crippen LogP contribution in [-0.4, -0.2) is 76.0 Å². The Labute approximate surface area is 333 Å². The third-order valence-corrected chi connectivity index (χ3v) is 11.9. The maximum absolute atomic E-state index is 14.5. The Morgan fingerprint density at radius 2 is 1.65 bits per heavy atom. The summed E-state index contributed by atoms with van der Waals surface area (Å²) in [4.78, 5) is 34.6. The number of anilines is 3. The zero-order valence-electron chi connectivity index (χ0n) is 32.4. The van der Waals surface area contributed by atoms with Gasteiger partial charge in [-0.2, -0.15) is 0 Å². The van der Waals surface area contributed by atoms with E-state index in [0.29, 0.717) is 55.2 Å². The largest absolute Gasteiger partial charge is 0.497 e. The summed E-state index contributed by atoms with van der Waals surface area (Å²) in [6, 6.07) is 33.0. The number of aliphatic hydroxyl groups excluding tert-OH is 1. The highest BCUT2D eigenvalue weighted by Gasteiger charge is 2.54. The first-order chi connectivity index (χ1) is 27.8. The zero-order valence-corrected chi connectivity index (χ0v) is 32.4. The molecule has 1 spiro atoms. The summed E-state index contributed by atoms with van der Waals surface area (Å²) >= 11 is 0. The van der Waals surface area contributed by atoms with Crippen LogP contribution in [0, 0.1) is 5.92 Å². The van der Waals surface area contributed by atoms with E-state index < -0.39 is 23.0 Å². The first-order valence-corrected chi connectivity index (χ1v) is 19.7.